The number of esters is 1. The number of ether oxygens (including phenoxy) is 1. The van der Waals surface area contributed by atoms with Crippen molar-refractivity contribution < 1.29 is 14.5 Å². The third-order valence-electron chi connectivity index (χ3n) is 2.47. The second kappa shape index (κ2) is 5.75. The molecule has 1 aromatic rings. The summed E-state index contributed by atoms with van der Waals surface area (Å²) in [6, 6.07) is 4.40. The van der Waals surface area contributed by atoms with Gasteiger partial charge in [-0.1, -0.05) is 6.07 Å². The quantitative estimate of drug-likeness (QED) is 0.475. The molecule has 0 spiro atoms. The Balaban J connectivity index is 3.42. The number of nitrogens with two attached hydrogens (primary N) is 1. The molecule has 1 aromatic carbocycles. The molecule has 2 N–H and O–H groups in total. The van der Waals surface area contributed by atoms with Crippen LogP contribution in [0, 0.1) is 21.4 Å². The highest BCUT2D eigenvalue weighted by Gasteiger charge is 2.22. The third-order valence-corrected chi connectivity index (χ3v) is 2.47. The van der Waals surface area contributed by atoms with Gasteiger partial charge in [0.25, 0.3) is 5.69 Å². The van der Waals surface area contributed by atoms with Crippen LogP contribution in [-0.4, -0.2) is 18.0 Å². The Labute approximate surface area is 103 Å². The SMILES string of the molecule is COC(=O)Cc1c(CN)ccc([N+](=O)[O-])c1C#N. The van der Waals surface area contributed by atoms with Gasteiger partial charge in [0, 0.05) is 12.6 Å². The summed E-state index contributed by atoms with van der Waals surface area (Å²) in [6.45, 7) is 0.0823. The monoisotopic (exact) mass is 249 g/mol. The van der Waals surface area contributed by atoms with E-state index < -0.39 is 10.9 Å². The van der Waals surface area contributed by atoms with Crippen molar-refractivity contribution in [3.63, 3.8) is 0 Å². The molecule has 0 bridgehead atoms. The van der Waals surface area contributed by atoms with Crippen LogP contribution in [-0.2, 0) is 22.5 Å². The van der Waals surface area contributed by atoms with E-state index in [0.717, 1.165) is 0 Å². The van der Waals surface area contributed by atoms with Gasteiger partial charge in [0.05, 0.1) is 18.5 Å². The van der Waals surface area contributed by atoms with Gasteiger partial charge in [-0.15, -0.1) is 0 Å². The van der Waals surface area contributed by atoms with Crippen LogP contribution in [0.1, 0.15) is 16.7 Å². The first-order chi connectivity index (χ1) is 8.54. The van der Waals surface area contributed by atoms with Gasteiger partial charge >= 0.3 is 5.97 Å². The van der Waals surface area contributed by atoms with E-state index in [0.29, 0.717) is 5.56 Å². The first-order valence-corrected chi connectivity index (χ1v) is 5.01. The van der Waals surface area contributed by atoms with Gasteiger partial charge in [0.15, 0.2) is 0 Å². The molecule has 0 aliphatic carbocycles. The van der Waals surface area contributed by atoms with Crippen molar-refractivity contribution in [2.75, 3.05) is 7.11 Å². The summed E-state index contributed by atoms with van der Waals surface area (Å²) in [5, 5.41) is 19.8. The molecular weight excluding hydrogens is 238 g/mol. The molecule has 7 heteroatoms. The van der Waals surface area contributed by atoms with E-state index in [1.165, 1.54) is 19.2 Å². The Kier molecular flexibility index (Phi) is 4.34. The van der Waals surface area contributed by atoms with Crippen molar-refractivity contribution in [2.45, 2.75) is 13.0 Å². The van der Waals surface area contributed by atoms with Gasteiger partial charge in [0.2, 0.25) is 0 Å². The summed E-state index contributed by atoms with van der Waals surface area (Å²) >= 11 is 0. The lowest BCUT2D eigenvalue weighted by atomic mass is 9.97. The molecule has 0 amide bonds. The fraction of sp³-hybridized carbons (Fsp3) is 0.273. The highest BCUT2D eigenvalue weighted by atomic mass is 16.6. The molecular formula is C11H11N3O4. The standard InChI is InChI=1S/C11H11N3O4/c1-18-11(15)4-8-7(5-12)2-3-10(14(16)17)9(8)6-13/h2-3H,4-5,12H2,1H3. The van der Waals surface area contributed by atoms with Crippen molar-refractivity contribution in [2.24, 2.45) is 5.73 Å². The minimum atomic E-state index is -0.667. The normalized spacial score (nSPS) is 9.61. The van der Waals surface area contributed by atoms with Crippen molar-refractivity contribution >= 4 is 11.7 Å². The fourth-order valence-electron chi connectivity index (χ4n) is 1.57. The summed E-state index contributed by atoms with van der Waals surface area (Å²) in [4.78, 5) is 21.4. The molecule has 0 aliphatic heterocycles. The van der Waals surface area contributed by atoms with Crippen molar-refractivity contribution in [1.29, 1.82) is 5.26 Å². The average molecular weight is 249 g/mol. The molecule has 0 aliphatic rings. The lowest BCUT2D eigenvalue weighted by Crippen LogP contribution is -2.12. The molecule has 7 nitrogen and oxygen atoms in total. The van der Waals surface area contributed by atoms with E-state index in [4.69, 9.17) is 11.0 Å². The number of rotatable bonds is 4. The van der Waals surface area contributed by atoms with Gasteiger partial charge in [-0.25, -0.2) is 0 Å². The average Bonchev–Trinajstić information content (AvgIpc) is 2.37. The number of carbonyl (C=O) groups excluding carboxylic acids is 1. The van der Waals surface area contributed by atoms with Gasteiger partial charge in [0.1, 0.15) is 11.6 Å². The molecule has 1 rings (SSSR count). The second-order valence-electron chi connectivity index (χ2n) is 3.42. The van der Waals surface area contributed by atoms with Crippen LogP contribution in [0.5, 0.6) is 0 Å². The molecule has 0 aromatic heterocycles. The number of benzene rings is 1. The smallest absolute Gasteiger partial charge is 0.310 e. The van der Waals surface area contributed by atoms with Gasteiger partial charge < -0.3 is 10.5 Å². The number of nitrogens with zero attached hydrogens (tertiary/aromatic N) is 2. The number of carbonyl (C=O) groups is 1. The topological polar surface area (TPSA) is 119 Å². The van der Waals surface area contributed by atoms with Crippen molar-refractivity contribution in [3.05, 3.63) is 38.9 Å². The number of hydrogen-bond donors (Lipinski definition) is 1. The van der Waals surface area contributed by atoms with Gasteiger partial charge in [-0.3, -0.25) is 14.9 Å². The Bertz CT molecular complexity index is 534. The Hall–Kier alpha value is -2.46. The molecule has 0 heterocycles. The lowest BCUT2D eigenvalue weighted by molar-refractivity contribution is -0.385. The molecule has 0 radical (unpaired) electrons. The van der Waals surface area contributed by atoms with E-state index >= 15 is 0 Å². The molecule has 0 fully saturated rings. The van der Waals surface area contributed by atoms with Crippen LogP contribution in [0.25, 0.3) is 0 Å². The van der Waals surface area contributed by atoms with Gasteiger partial charge in [-0.05, 0) is 11.1 Å². The molecule has 0 unspecified atom stereocenters. The molecule has 0 atom stereocenters. The zero-order valence-electron chi connectivity index (χ0n) is 9.67. The summed E-state index contributed by atoms with van der Waals surface area (Å²) in [7, 11) is 1.20. The number of nitro benzene ring substituents is 1. The lowest BCUT2D eigenvalue weighted by Gasteiger charge is -2.09. The number of methoxy groups -OCH3 is 1. The zero-order chi connectivity index (χ0) is 13.7. The third kappa shape index (κ3) is 2.61. The van der Waals surface area contributed by atoms with E-state index in [9.17, 15) is 14.9 Å². The fourth-order valence-corrected chi connectivity index (χ4v) is 1.57. The van der Waals surface area contributed by atoms with E-state index in [1.807, 2.05) is 0 Å². The van der Waals surface area contributed by atoms with Gasteiger partial charge in [-0.2, -0.15) is 5.26 Å². The number of hydrogen-bond acceptors (Lipinski definition) is 6. The Morgan fingerprint density at radius 1 is 1.61 bits per heavy atom. The van der Waals surface area contributed by atoms with Crippen LogP contribution in [0.2, 0.25) is 0 Å². The van der Waals surface area contributed by atoms with Crippen LogP contribution < -0.4 is 5.73 Å². The molecule has 0 saturated heterocycles. The first kappa shape index (κ1) is 13.6. The van der Waals surface area contributed by atoms with Crippen LogP contribution in [0.15, 0.2) is 12.1 Å². The Morgan fingerprint density at radius 2 is 2.28 bits per heavy atom. The number of nitriles is 1. The van der Waals surface area contributed by atoms with E-state index in [-0.39, 0.29) is 29.8 Å². The van der Waals surface area contributed by atoms with Crippen LogP contribution in [0.3, 0.4) is 0 Å². The minimum Gasteiger partial charge on any atom is -0.469 e. The minimum absolute atomic E-state index is 0.0823. The van der Waals surface area contributed by atoms with Crippen molar-refractivity contribution in [1.82, 2.24) is 0 Å². The summed E-state index contributed by atoms with van der Waals surface area (Å²) < 4.78 is 4.49. The number of nitro groups is 1. The maximum absolute atomic E-state index is 11.3. The maximum atomic E-state index is 11.3. The van der Waals surface area contributed by atoms with Crippen molar-refractivity contribution in [3.8, 4) is 6.07 Å². The molecule has 94 valence electrons. The molecule has 18 heavy (non-hydrogen) atoms. The second-order valence-corrected chi connectivity index (χ2v) is 3.42. The first-order valence-electron chi connectivity index (χ1n) is 5.01. The summed E-state index contributed by atoms with van der Waals surface area (Å²) in [6.07, 6.45) is -0.215. The highest BCUT2D eigenvalue weighted by Crippen LogP contribution is 2.25. The predicted molar refractivity (Wildman–Crippen MR) is 61.4 cm³/mol. The Morgan fingerprint density at radius 3 is 2.72 bits per heavy atom. The summed E-state index contributed by atoms with van der Waals surface area (Å²) in [5.74, 6) is -0.582. The largest absolute Gasteiger partial charge is 0.469 e. The van der Waals surface area contributed by atoms with Crippen LogP contribution in [0.4, 0.5) is 5.69 Å². The van der Waals surface area contributed by atoms with E-state index in [1.54, 1.807) is 6.07 Å². The van der Waals surface area contributed by atoms with Crippen LogP contribution >= 0.6 is 0 Å². The maximum Gasteiger partial charge on any atom is 0.310 e. The predicted octanol–water partition coefficient (Wildman–Crippen LogP) is 0.641. The highest BCUT2D eigenvalue weighted by molar-refractivity contribution is 5.75. The van der Waals surface area contributed by atoms with E-state index in [2.05, 4.69) is 4.74 Å². The zero-order valence-corrected chi connectivity index (χ0v) is 9.67. The summed E-state index contributed by atoms with van der Waals surface area (Å²) in [5.41, 5.74) is 5.77. The molecule has 0 saturated carbocycles.